The quantitative estimate of drug-likeness (QED) is 0.673. The van der Waals surface area contributed by atoms with Crippen molar-refractivity contribution in [2.75, 3.05) is 25.4 Å². The normalized spacial score (nSPS) is 20.3. The van der Waals surface area contributed by atoms with Crippen LogP contribution in [0.4, 0.5) is 13.2 Å². The molecular weight excluding hydrogens is 469 g/mol. The van der Waals surface area contributed by atoms with Crippen LogP contribution in [-0.2, 0) is 14.6 Å². The Balaban J connectivity index is 0.000000383. The van der Waals surface area contributed by atoms with E-state index < -0.39 is 26.7 Å². The summed E-state index contributed by atoms with van der Waals surface area (Å²) >= 11 is 0. The van der Waals surface area contributed by atoms with E-state index in [4.69, 9.17) is 14.6 Å². The highest BCUT2D eigenvalue weighted by atomic mass is 32.2. The molecule has 4 rings (SSSR count). The van der Waals surface area contributed by atoms with Gasteiger partial charge < -0.3 is 14.7 Å². The Labute approximate surface area is 186 Å². The van der Waals surface area contributed by atoms with E-state index in [9.17, 15) is 26.4 Å². The Morgan fingerprint density at radius 2 is 1.88 bits per heavy atom. The molecule has 14 heteroatoms. The molecule has 0 aliphatic carbocycles. The second kappa shape index (κ2) is 9.29. The number of rotatable bonds is 4. The molecule has 10 nitrogen and oxygen atoms in total. The SMILES string of the molecule is O=C(O)C(F)(F)F.O=C(c1ccncn1)N1CC2(C1)C(COc1ccccn1)CCS2(=O)=O. The van der Waals surface area contributed by atoms with Crippen molar-refractivity contribution in [3.8, 4) is 5.88 Å². The summed E-state index contributed by atoms with van der Waals surface area (Å²) in [6, 6.07) is 6.87. The molecule has 1 N–H and O–H groups in total. The van der Waals surface area contributed by atoms with Gasteiger partial charge in [-0.25, -0.2) is 28.2 Å². The molecule has 0 saturated carbocycles. The molecule has 2 saturated heterocycles. The van der Waals surface area contributed by atoms with E-state index in [0.29, 0.717) is 12.3 Å². The third kappa shape index (κ3) is 5.21. The van der Waals surface area contributed by atoms with E-state index in [1.54, 1.807) is 18.3 Å². The first-order valence-electron chi connectivity index (χ1n) is 9.58. The third-order valence-corrected chi connectivity index (χ3v) is 8.02. The lowest BCUT2D eigenvalue weighted by molar-refractivity contribution is -0.192. The molecule has 2 aromatic rings. The number of pyridine rings is 1. The first kappa shape index (κ1) is 24.4. The highest BCUT2D eigenvalue weighted by molar-refractivity contribution is 7.93. The van der Waals surface area contributed by atoms with E-state index >= 15 is 0 Å². The van der Waals surface area contributed by atoms with Gasteiger partial charge in [0.05, 0.1) is 12.4 Å². The Hall–Kier alpha value is -3.29. The standard InChI is InChI=1S/C17H18N4O4S.C2HF3O2/c22-16(14-4-7-18-12-20-14)21-10-17(11-21)13(5-8-26(17,23)24)9-25-15-3-1-2-6-19-15;3-2(4,5)1(6)7/h1-4,6-7,12-13H,5,8-11H2;(H,6,7). The number of nitrogens with zero attached hydrogens (tertiary/aromatic N) is 4. The number of sulfone groups is 1. The largest absolute Gasteiger partial charge is 0.490 e. The van der Waals surface area contributed by atoms with E-state index in [1.165, 1.54) is 23.5 Å². The summed E-state index contributed by atoms with van der Waals surface area (Å²) < 4.78 is 61.8. The third-order valence-electron chi connectivity index (χ3n) is 5.42. The van der Waals surface area contributed by atoms with Gasteiger partial charge in [0.15, 0.2) is 9.84 Å². The number of carbonyl (C=O) groups is 2. The zero-order valence-electron chi connectivity index (χ0n) is 17.0. The number of hydrogen-bond donors (Lipinski definition) is 1. The van der Waals surface area contributed by atoms with Crippen molar-refractivity contribution in [3.05, 3.63) is 48.7 Å². The fraction of sp³-hybridized carbons (Fsp3) is 0.421. The van der Waals surface area contributed by atoms with Crippen LogP contribution in [0.2, 0.25) is 0 Å². The highest BCUT2D eigenvalue weighted by Crippen LogP contribution is 2.45. The molecule has 2 fully saturated rings. The van der Waals surface area contributed by atoms with Gasteiger partial charge >= 0.3 is 12.1 Å². The van der Waals surface area contributed by atoms with Gasteiger partial charge in [0.2, 0.25) is 5.88 Å². The van der Waals surface area contributed by atoms with Crippen LogP contribution < -0.4 is 4.74 Å². The molecule has 0 radical (unpaired) electrons. The predicted octanol–water partition coefficient (Wildman–Crippen LogP) is 1.21. The Kier molecular flexibility index (Phi) is 6.86. The minimum Gasteiger partial charge on any atom is -0.477 e. The predicted molar refractivity (Wildman–Crippen MR) is 106 cm³/mol. The first-order chi connectivity index (χ1) is 15.5. The van der Waals surface area contributed by atoms with Crippen LogP contribution in [0.3, 0.4) is 0 Å². The van der Waals surface area contributed by atoms with E-state index in [-0.39, 0.29) is 43.0 Å². The van der Waals surface area contributed by atoms with Gasteiger partial charge in [0, 0.05) is 37.5 Å². The van der Waals surface area contributed by atoms with Crippen LogP contribution in [0.5, 0.6) is 5.88 Å². The lowest BCUT2D eigenvalue weighted by Gasteiger charge is -2.49. The van der Waals surface area contributed by atoms with Crippen LogP contribution in [0.1, 0.15) is 16.9 Å². The van der Waals surface area contributed by atoms with Crippen LogP contribution in [0.15, 0.2) is 43.0 Å². The number of alkyl halides is 3. The van der Waals surface area contributed by atoms with E-state index in [1.807, 2.05) is 6.07 Å². The van der Waals surface area contributed by atoms with Crippen molar-refractivity contribution in [2.24, 2.45) is 5.92 Å². The summed E-state index contributed by atoms with van der Waals surface area (Å²) in [6.45, 7) is 0.620. The molecule has 2 aliphatic heterocycles. The number of hydrogen-bond acceptors (Lipinski definition) is 8. The monoisotopic (exact) mass is 488 g/mol. The van der Waals surface area contributed by atoms with Crippen LogP contribution >= 0.6 is 0 Å². The highest BCUT2D eigenvalue weighted by Gasteiger charge is 2.62. The Bertz CT molecular complexity index is 1090. The summed E-state index contributed by atoms with van der Waals surface area (Å²) in [6.07, 6.45) is -0.128. The number of halogens is 3. The lowest BCUT2D eigenvalue weighted by atomic mass is 9.83. The molecule has 178 valence electrons. The number of aliphatic carboxylic acids is 1. The summed E-state index contributed by atoms with van der Waals surface area (Å²) in [5.41, 5.74) is 0.270. The maximum atomic E-state index is 12.7. The molecule has 2 aromatic heterocycles. The lowest BCUT2D eigenvalue weighted by Crippen LogP contribution is -2.69. The molecule has 1 atom stereocenters. The molecule has 33 heavy (non-hydrogen) atoms. The van der Waals surface area contributed by atoms with Crippen LogP contribution in [-0.4, -0.2) is 81.6 Å². The van der Waals surface area contributed by atoms with Crippen molar-refractivity contribution in [3.63, 3.8) is 0 Å². The summed E-state index contributed by atoms with van der Waals surface area (Å²) in [7, 11) is -3.28. The summed E-state index contributed by atoms with van der Waals surface area (Å²) in [5, 5.41) is 7.12. The summed E-state index contributed by atoms with van der Waals surface area (Å²) in [4.78, 5) is 34.7. The molecular formula is C19H19F3N4O6S. The van der Waals surface area contributed by atoms with Gasteiger partial charge in [-0.2, -0.15) is 13.2 Å². The Morgan fingerprint density at radius 1 is 1.18 bits per heavy atom. The Morgan fingerprint density at radius 3 is 2.42 bits per heavy atom. The maximum absolute atomic E-state index is 12.7. The number of carboxylic acids is 1. The minimum absolute atomic E-state index is 0.124. The number of amides is 1. The summed E-state index contributed by atoms with van der Waals surface area (Å²) in [5.74, 6) is -2.60. The molecule has 2 aliphatic rings. The van der Waals surface area contributed by atoms with E-state index in [0.717, 1.165) is 0 Å². The van der Waals surface area contributed by atoms with Gasteiger partial charge in [-0.1, -0.05) is 6.07 Å². The van der Waals surface area contributed by atoms with Crippen LogP contribution in [0.25, 0.3) is 0 Å². The topological polar surface area (TPSA) is 140 Å². The van der Waals surface area contributed by atoms with Crippen molar-refractivity contribution < 1.29 is 41.0 Å². The second-order valence-electron chi connectivity index (χ2n) is 7.41. The van der Waals surface area contributed by atoms with Crippen molar-refractivity contribution in [1.82, 2.24) is 19.9 Å². The molecule has 1 spiro atoms. The number of carbonyl (C=O) groups excluding carboxylic acids is 1. The number of aromatic nitrogens is 3. The zero-order valence-corrected chi connectivity index (χ0v) is 17.8. The van der Waals surface area contributed by atoms with Crippen LogP contribution in [0, 0.1) is 5.92 Å². The number of carboxylic acid groups (broad SMARTS) is 1. The van der Waals surface area contributed by atoms with E-state index in [2.05, 4.69) is 15.0 Å². The van der Waals surface area contributed by atoms with Gasteiger partial charge in [-0.15, -0.1) is 0 Å². The van der Waals surface area contributed by atoms with Crippen molar-refractivity contribution in [2.45, 2.75) is 17.3 Å². The molecule has 0 aromatic carbocycles. The van der Waals surface area contributed by atoms with Gasteiger partial charge in [0.25, 0.3) is 5.91 Å². The average Bonchev–Trinajstić information content (AvgIpc) is 3.02. The smallest absolute Gasteiger partial charge is 0.477 e. The molecule has 1 amide bonds. The fourth-order valence-corrected chi connectivity index (χ4v) is 6.05. The van der Waals surface area contributed by atoms with Gasteiger partial charge in [-0.05, 0) is 18.6 Å². The average molecular weight is 488 g/mol. The molecule has 0 bridgehead atoms. The second-order valence-corrected chi connectivity index (χ2v) is 9.86. The fourth-order valence-electron chi connectivity index (χ4n) is 3.65. The molecule has 1 unspecified atom stereocenters. The number of ether oxygens (including phenoxy) is 1. The maximum Gasteiger partial charge on any atom is 0.490 e. The molecule has 4 heterocycles. The minimum atomic E-state index is -5.08. The first-order valence-corrected chi connectivity index (χ1v) is 11.2. The van der Waals surface area contributed by atoms with Gasteiger partial charge in [-0.3, -0.25) is 4.79 Å². The number of likely N-dealkylation sites (tertiary alicyclic amines) is 1. The van der Waals surface area contributed by atoms with Gasteiger partial charge in [0.1, 0.15) is 16.8 Å². The van der Waals surface area contributed by atoms with Crippen molar-refractivity contribution in [1.29, 1.82) is 0 Å². The van der Waals surface area contributed by atoms with Crippen molar-refractivity contribution >= 4 is 21.7 Å². The zero-order chi connectivity index (χ0) is 24.3.